The van der Waals surface area contributed by atoms with Gasteiger partial charge in [-0.25, -0.2) is 0 Å². The lowest BCUT2D eigenvalue weighted by atomic mass is 10.3. The zero-order valence-electron chi connectivity index (χ0n) is 7.62. The van der Waals surface area contributed by atoms with Gasteiger partial charge in [-0.15, -0.1) is 10.2 Å². The first-order valence-corrected chi connectivity index (χ1v) is 5.06. The molecule has 0 atom stereocenters. The molecule has 0 saturated heterocycles. The predicted molar refractivity (Wildman–Crippen MR) is 52.3 cm³/mol. The standard InChI is InChI=1S/C8H13N3OS/c1-3-6(2)5-13-8-11-10-7(4-9)12-8/h2-5,9H2,1H3. The van der Waals surface area contributed by atoms with Crippen molar-refractivity contribution >= 4 is 11.8 Å². The van der Waals surface area contributed by atoms with Gasteiger partial charge < -0.3 is 10.2 Å². The molecule has 0 bridgehead atoms. The number of thioether (sulfide) groups is 1. The van der Waals surface area contributed by atoms with Crippen LogP contribution in [0.1, 0.15) is 19.2 Å². The summed E-state index contributed by atoms with van der Waals surface area (Å²) < 4.78 is 5.20. The van der Waals surface area contributed by atoms with E-state index < -0.39 is 0 Å². The summed E-state index contributed by atoms with van der Waals surface area (Å²) in [6.45, 7) is 6.25. The topological polar surface area (TPSA) is 64.9 Å². The second kappa shape index (κ2) is 5.04. The highest BCUT2D eigenvalue weighted by molar-refractivity contribution is 7.99. The van der Waals surface area contributed by atoms with Crippen LogP contribution < -0.4 is 5.73 Å². The number of hydrogen-bond donors (Lipinski definition) is 1. The van der Waals surface area contributed by atoms with Gasteiger partial charge in [0.1, 0.15) is 0 Å². The van der Waals surface area contributed by atoms with Crippen LogP contribution in [-0.4, -0.2) is 16.0 Å². The third-order valence-corrected chi connectivity index (χ3v) is 2.49. The third-order valence-electron chi connectivity index (χ3n) is 1.52. The molecule has 0 fully saturated rings. The number of hydrogen-bond acceptors (Lipinski definition) is 5. The van der Waals surface area contributed by atoms with Gasteiger partial charge in [-0.3, -0.25) is 0 Å². The molecule has 1 aromatic rings. The fraction of sp³-hybridized carbons (Fsp3) is 0.500. The van der Waals surface area contributed by atoms with Gasteiger partial charge in [-0.05, 0) is 6.42 Å². The molecule has 0 aromatic carbocycles. The Morgan fingerprint density at radius 3 is 2.92 bits per heavy atom. The van der Waals surface area contributed by atoms with Crippen molar-refractivity contribution in [2.24, 2.45) is 5.73 Å². The summed E-state index contributed by atoms with van der Waals surface area (Å²) >= 11 is 1.49. The molecule has 1 aromatic heterocycles. The molecule has 2 N–H and O–H groups in total. The summed E-state index contributed by atoms with van der Waals surface area (Å²) in [5, 5.41) is 8.13. The largest absolute Gasteiger partial charge is 0.415 e. The molecule has 0 spiro atoms. The van der Waals surface area contributed by atoms with Crippen LogP contribution in [0.5, 0.6) is 0 Å². The zero-order valence-corrected chi connectivity index (χ0v) is 8.43. The number of nitrogens with zero attached hydrogens (tertiary/aromatic N) is 2. The van der Waals surface area contributed by atoms with Crippen LogP contribution >= 0.6 is 11.8 Å². The molecule has 0 amide bonds. The maximum Gasteiger partial charge on any atom is 0.276 e. The SMILES string of the molecule is C=C(CC)CSc1nnc(CN)o1. The van der Waals surface area contributed by atoms with Gasteiger partial charge in [0, 0.05) is 5.75 Å². The second-order valence-corrected chi connectivity index (χ2v) is 3.48. The van der Waals surface area contributed by atoms with E-state index in [1.54, 1.807) is 0 Å². The van der Waals surface area contributed by atoms with Gasteiger partial charge in [-0.2, -0.15) is 0 Å². The van der Waals surface area contributed by atoms with Gasteiger partial charge in [0.05, 0.1) is 6.54 Å². The van der Waals surface area contributed by atoms with Crippen LogP contribution in [0.3, 0.4) is 0 Å². The lowest BCUT2D eigenvalue weighted by Crippen LogP contribution is -1.95. The van der Waals surface area contributed by atoms with E-state index in [0.29, 0.717) is 17.7 Å². The highest BCUT2D eigenvalue weighted by atomic mass is 32.2. The molecule has 1 heterocycles. The lowest BCUT2D eigenvalue weighted by molar-refractivity contribution is 0.415. The van der Waals surface area contributed by atoms with Gasteiger partial charge in [0.2, 0.25) is 5.89 Å². The first-order valence-electron chi connectivity index (χ1n) is 4.08. The molecule has 72 valence electrons. The summed E-state index contributed by atoms with van der Waals surface area (Å²) in [5.74, 6) is 1.30. The Labute approximate surface area is 81.6 Å². The van der Waals surface area contributed by atoms with Crippen molar-refractivity contribution in [1.29, 1.82) is 0 Å². The van der Waals surface area contributed by atoms with E-state index in [2.05, 4.69) is 23.7 Å². The predicted octanol–water partition coefficient (Wildman–Crippen LogP) is 1.59. The van der Waals surface area contributed by atoms with E-state index in [9.17, 15) is 0 Å². The Morgan fingerprint density at radius 2 is 2.38 bits per heavy atom. The highest BCUT2D eigenvalue weighted by Crippen LogP contribution is 2.19. The monoisotopic (exact) mass is 199 g/mol. The zero-order chi connectivity index (χ0) is 9.68. The van der Waals surface area contributed by atoms with Crippen LogP contribution in [0.2, 0.25) is 0 Å². The van der Waals surface area contributed by atoms with Crippen molar-refractivity contribution in [3.8, 4) is 0 Å². The minimum atomic E-state index is 0.294. The second-order valence-electron chi connectivity index (χ2n) is 2.56. The van der Waals surface area contributed by atoms with Crippen molar-refractivity contribution in [1.82, 2.24) is 10.2 Å². The minimum absolute atomic E-state index is 0.294. The Kier molecular flexibility index (Phi) is 3.98. The van der Waals surface area contributed by atoms with E-state index in [1.807, 2.05) is 0 Å². The normalized spacial score (nSPS) is 10.3. The van der Waals surface area contributed by atoms with Gasteiger partial charge >= 0.3 is 0 Å². The minimum Gasteiger partial charge on any atom is -0.415 e. The maximum absolute atomic E-state index is 5.32. The third kappa shape index (κ3) is 3.20. The van der Waals surface area contributed by atoms with E-state index in [-0.39, 0.29) is 0 Å². The highest BCUT2D eigenvalue weighted by Gasteiger charge is 2.04. The summed E-state index contributed by atoms with van der Waals surface area (Å²) in [6.07, 6.45) is 0.977. The maximum atomic E-state index is 5.32. The first kappa shape index (κ1) is 10.3. The van der Waals surface area contributed by atoms with Crippen molar-refractivity contribution in [2.45, 2.75) is 25.1 Å². The van der Waals surface area contributed by atoms with E-state index in [0.717, 1.165) is 17.7 Å². The quantitative estimate of drug-likeness (QED) is 0.576. The molecule has 1 rings (SSSR count). The average molecular weight is 199 g/mol. The van der Waals surface area contributed by atoms with Crippen molar-refractivity contribution < 1.29 is 4.42 Å². The Bertz CT molecular complexity index is 285. The average Bonchev–Trinajstić information content (AvgIpc) is 2.61. The summed E-state index contributed by atoms with van der Waals surface area (Å²) in [6, 6.07) is 0. The number of nitrogens with two attached hydrogens (primary N) is 1. The molecule has 13 heavy (non-hydrogen) atoms. The molecular formula is C8H13N3OS. The van der Waals surface area contributed by atoms with Crippen LogP contribution in [0.4, 0.5) is 0 Å². The molecule has 4 nitrogen and oxygen atoms in total. The Morgan fingerprint density at radius 1 is 1.62 bits per heavy atom. The van der Waals surface area contributed by atoms with E-state index >= 15 is 0 Å². The molecule has 0 aliphatic heterocycles. The molecule has 0 saturated carbocycles. The smallest absolute Gasteiger partial charge is 0.276 e. The van der Waals surface area contributed by atoms with Crippen LogP contribution in [-0.2, 0) is 6.54 Å². The van der Waals surface area contributed by atoms with Gasteiger partial charge in [-0.1, -0.05) is 30.8 Å². The van der Waals surface area contributed by atoms with Crippen molar-refractivity contribution in [3.63, 3.8) is 0 Å². The van der Waals surface area contributed by atoms with Crippen molar-refractivity contribution in [2.75, 3.05) is 5.75 Å². The molecule has 0 unspecified atom stereocenters. The van der Waals surface area contributed by atoms with Gasteiger partial charge in [0.25, 0.3) is 5.22 Å². The number of rotatable bonds is 5. The molecule has 0 aliphatic carbocycles. The van der Waals surface area contributed by atoms with Crippen molar-refractivity contribution in [3.05, 3.63) is 18.0 Å². The van der Waals surface area contributed by atoms with Crippen LogP contribution in [0, 0.1) is 0 Å². The lowest BCUT2D eigenvalue weighted by Gasteiger charge is -1.96. The Hall–Kier alpha value is -0.810. The molecule has 0 aliphatic rings. The first-order chi connectivity index (χ1) is 6.26. The summed E-state index contributed by atoms with van der Waals surface area (Å²) in [4.78, 5) is 0. The van der Waals surface area contributed by atoms with E-state index in [4.69, 9.17) is 10.2 Å². The molecular weight excluding hydrogens is 186 g/mol. The van der Waals surface area contributed by atoms with Crippen LogP contribution in [0.25, 0.3) is 0 Å². The summed E-state index contributed by atoms with van der Waals surface area (Å²) in [5.41, 5.74) is 6.49. The number of aromatic nitrogens is 2. The molecule has 5 heteroatoms. The van der Waals surface area contributed by atoms with Gasteiger partial charge in [0.15, 0.2) is 0 Å². The summed E-state index contributed by atoms with van der Waals surface area (Å²) in [7, 11) is 0. The van der Waals surface area contributed by atoms with Crippen LogP contribution in [0.15, 0.2) is 21.8 Å². The Balaban J connectivity index is 2.41. The van der Waals surface area contributed by atoms with E-state index in [1.165, 1.54) is 11.8 Å². The molecule has 0 radical (unpaired) electrons. The fourth-order valence-corrected chi connectivity index (χ4v) is 1.43. The fourth-order valence-electron chi connectivity index (χ4n) is 0.645.